The van der Waals surface area contributed by atoms with E-state index < -0.39 is 52.7 Å². The van der Waals surface area contributed by atoms with Crippen molar-refractivity contribution < 1.29 is 43.6 Å². The van der Waals surface area contributed by atoms with Gasteiger partial charge in [0.2, 0.25) is 17.4 Å². The number of carbonyl (C=O) groups excluding carboxylic acids is 3. The van der Waals surface area contributed by atoms with Gasteiger partial charge in [0, 0.05) is 27.1 Å². The Kier molecular flexibility index (Phi) is 12.7. The zero-order chi connectivity index (χ0) is 35.0. The van der Waals surface area contributed by atoms with Gasteiger partial charge in [0.1, 0.15) is 18.0 Å². The third kappa shape index (κ3) is 7.67. The Morgan fingerprint density at radius 2 is 1.91 bits per heavy atom. The number of rotatable bonds is 16. The first kappa shape index (κ1) is 37.6. The van der Waals surface area contributed by atoms with E-state index in [2.05, 4.69) is 10.3 Å². The first-order valence-electron chi connectivity index (χ1n) is 15.7. The molecule has 2 saturated heterocycles. The number of nitrogens with one attached hydrogen (secondary N) is 1. The number of nitrogens with zero attached hydrogens (tertiary/aromatic N) is 2. The number of hydrogen-bond donors (Lipinski definition) is 4. The lowest BCUT2D eigenvalue weighted by Gasteiger charge is -2.51. The fraction of sp³-hybridized carbons (Fsp3) is 0.543. The Morgan fingerprint density at radius 1 is 1.21 bits per heavy atom. The van der Waals surface area contributed by atoms with E-state index in [4.69, 9.17) is 13.9 Å². The van der Waals surface area contributed by atoms with Crippen LogP contribution in [-0.4, -0.2) is 99.7 Å². The summed E-state index contributed by atoms with van der Waals surface area (Å²) in [5, 5.41) is 36.2. The Labute approximate surface area is 276 Å². The van der Waals surface area contributed by atoms with Crippen LogP contribution in [0.1, 0.15) is 46.8 Å². The summed E-state index contributed by atoms with van der Waals surface area (Å²) in [5.41, 5.74) is -3.80. The standard InChI is InChI=1S/C35H49N3O9/c1-23(15-11-8-9-12-16-26-20-36-22-47-26)29(40)33(4,5)31(42)37-18-14-10-13-17-27(39)24(2)19-28(45-7)35(44)25(3)30(41)38(6)34(35)21-46-32(34)43/h8-15,17,20,22,24-25,27-29,39-40,44H,16,18-19,21H2,1-7H3,(H,37,42)/t24-,25+,27+,28+,29-,34-,35-/m1/s1. The second kappa shape index (κ2) is 15.8. The van der Waals surface area contributed by atoms with Gasteiger partial charge in [-0.15, -0.1) is 0 Å². The van der Waals surface area contributed by atoms with Crippen LogP contribution in [0.3, 0.4) is 0 Å². The lowest BCUT2D eigenvalue weighted by Crippen LogP contribution is -2.76. The van der Waals surface area contributed by atoms with E-state index in [0.717, 1.165) is 5.76 Å². The molecule has 47 heavy (non-hydrogen) atoms. The number of likely N-dealkylation sites (tertiary alicyclic amines) is 1. The molecule has 0 aromatic carbocycles. The molecule has 2 fully saturated rings. The number of allylic oxidation sites excluding steroid dienone is 7. The highest BCUT2D eigenvalue weighted by Gasteiger charge is 2.77. The average molecular weight is 656 g/mol. The van der Waals surface area contributed by atoms with E-state index in [1.54, 1.807) is 77.3 Å². The highest BCUT2D eigenvalue weighted by atomic mass is 16.6. The number of likely N-dealkylation sites (N-methyl/N-ethyl adjacent to an activating group) is 1. The van der Waals surface area contributed by atoms with Gasteiger partial charge in [-0.2, -0.15) is 0 Å². The summed E-state index contributed by atoms with van der Waals surface area (Å²) in [5.74, 6) is -1.92. The van der Waals surface area contributed by atoms with E-state index in [-0.39, 0.29) is 31.4 Å². The molecule has 0 unspecified atom stereocenters. The number of esters is 1. The van der Waals surface area contributed by atoms with Crippen molar-refractivity contribution in [3.8, 4) is 0 Å². The molecule has 12 nitrogen and oxygen atoms in total. The summed E-state index contributed by atoms with van der Waals surface area (Å²) in [6, 6.07) is 0. The number of methoxy groups -OCH3 is 1. The molecular formula is C35H49N3O9. The SMILES string of the molecule is CO[C@@H](C[C@@H](C)[C@@H](O)C=CC=CCNC(=O)C(C)(C)[C@H](O)C(C)=CC=CC=CCc1cnco1)[C@]1(O)[C@@H](C)C(=O)N(C)[C@@]12COC2=O. The van der Waals surface area contributed by atoms with Gasteiger partial charge in [-0.3, -0.25) is 9.59 Å². The van der Waals surface area contributed by atoms with Gasteiger partial charge >= 0.3 is 5.97 Å². The summed E-state index contributed by atoms with van der Waals surface area (Å²) in [4.78, 5) is 43.3. The van der Waals surface area contributed by atoms with Crippen molar-refractivity contribution in [1.82, 2.24) is 15.2 Å². The largest absolute Gasteiger partial charge is 0.460 e. The van der Waals surface area contributed by atoms with Crippen molar-refractivity contribution >= 4 is 17.8 Å². The number of ether oxygens (including phenoxy) is 2. The molecule has 12 heteroatoms. The molecular weight excluding hydrogens is 606 g/mol. The molecule has 0 radical (unpaired) electrons. The summed E-state index contributed by atoms with van der Waals surface area (Å²) in [6.45, 7) is 8.54. The molecule has 3 heterocycles. The van der Waals surface area contributed by atoms with Crippen molar-refractivity contribution in [2.75, 3.05) is 27.3 Å². The van der Waals surface area contributed by atoms with Crippen molar-refractivity contribution in [3.63, 3.8) is 0 Å². The van der Waals surface area contributed by atoms with Crippen LogP contribution >= 0.6 is 0 Å². The van der Waals surface area contributed by atoms with Crippen LogP contribution in [0.15, 0.2) is 77.3 Å². The molecule has 1 aromatic rings. The lowest BCUT2D eigenvalue weighted by molar-refractivity contribution is -0.235. The minimum atomic E-state index is -1.83. The molecule has 258 valence electrons. The second-order valence-corrected chi connectivity index (χ2v) is 12.9. The Balaban J connectivity index is 1.48. The summed E-state index contributed by atoms with van der Waals surface area (Å²) < 4.78 is 15.8. The van der Waals surface area contributed by atoms with Crippen LogP contribution in [0, 0.1) is 17.3 Å². The monoisotopic (exact) mass is 655 g/mol. The lowest BCUT2D eigenvalue weighted by atomic mass is 9.68. The Bertz CT molecular complexity index is 1400. The van der Waals surface area contributed by atoms with Crippen molar-refractivity contribution in [2.24, 2.45) is 17.3 Å². The summed E-state index contributed by atoms with van der Waals surface area (Å²) >= 11 is 0. The summed E-state index contributed by atoms with van der Waals surface area (Å²) in [6.07, 6.45) is 16.7. The number of oxazole rings is 1. The third-order valence-corrected chi connectivity index (χ3v) is 9.45. The first-order chi connectivity index (χ1) is 22.2. The van der Waals surface area contributed by atoms with E-state index in [9.17, 15) is 29.7 Å². The fourth-order valence-electron chi connectivity index (χ4n) is 6.11. The van der Waals surface area contributed by atoms with Crippen molar-refractivity contribution in [1.29, 1.82) is 0 Å². The summed E-state index contributed by atoms with van der Waals surface area (Å²) in [7, 11) is 2.88. The highest BCUT2D eigenvalue weighted by Crippen LogP contribution is 2.51. The minimum Gasteiger partial charge on any atom is -0.460 e. The normalized spacial score (nSPS) is 26.5. The second-order valence-electron chi connectivity index (χ2n) is 12.9. The van der Waals surface area contributed by atoms with Crippen molar-refractivity contribution in [2.45, 2.75) is 76.9 Å². The maximum absolute atomic E-state index is 12.9. The zero-order valence-electron chi connectivity index (χ0n) is 28.3. The number of cyclic esters (lactones) is 1. The molecule has 0 saturated carbocycles. The van der Waals surface area contributed by atoms with Gasteiger partial charge in [-0.1, -0.05) is 68.5 Å². The molecule has 2 aliphatic heterocycles. The van der Waals surface area contributed by atoms with E-state index in [1.165, 1.54) is 25.5 Å². The number of aliphatic hydroxyl groups is 3. The molecule has 3 rings (SSSR count). The molecule has 1 aromatic heterocycles. The predicted molar refractivity (Wildman–Crippen MR) is 174 cm³/mol. The van der Waals surface area contributed by atoms with Gasteiger partial charge in [-0.25, -0.2) is 9.78 Å². The predicted octanol–water partition coefficient (Wildman–Crippen LogP) is 2.43. The number of carbonyl (C=O) groups is 3. The fourth-order valence-corrected chi connectivity index (χ4v) is 6.11. The van der Waals surface area contributed by atoms with E-state index >= 15 is 0 Å². The van der Waals surface area contributed by atoms with E-state index in [0.29, 0.717) is 12.0 Å². The molecule has 2 aliphatic rings. The van der Waals surface area contributed by atoms with Crippen LogP contribution < -0.4 is 5.32 Å². The smallest absolute Gasteiger partial charge is 0.338 e. The number of aromatic nitrogens is 1. The average Bonchev–Trinajstić information content (AvgIpc) is 3.62. The van der Waals surface area contributed by atoms with Crippen LogP contribution in [-0.2, 0) is 30.3 Å². The molecule has 4 N–H and O–H groups in total. The van der Waals surface area contributed by atoms with Gasteiger partial charge in [0.25, 0.3) is 0 Å². The topological polar surface area (TPSA) is 172 Å². The van der Waals surface area contributed by atoms with Crippen LogP contribution in [0.2, 0.25) is 0 Å². The highest BCUT2D eigenvalue weighted by molar-refractivity contribution is 5.99. The third-order valence-electron chi connectivity index (χ3n) is 9.45. The number of amides is 2. The first-order valence-corrected chi connectivity index (χ1v) is 15.7. The molecule has 1 spiro atoms. The van der Waals surface area contributed by atoms with Crippen molar-refractivity contribution in [3.05, 3.63) is 78.6 Å². The van der Waals surface area contributed by atoms with Gasteiger partial charge in [0.15, 0.2) is 6.39 Å². The minimum absolute atomic E-state index is 0.124. The molecule has 0 aliphatic carbocycles. The number of hydrogen-bond acceptors (Lipinski definition) is 10. The number of aliphatic hydroxyl groups excluding tert-OH is 2. The molecule has 2 amide bonds. The van der Waals surface area contributed by atoms with Gasteiger partial charge in [-0.05, 0) is 38.7 Å². The van der Waals surface area contributed by atoms with Crippen LogP contribution in [0.4, 0.5) is 0 Å². The van der Waals surface area contributed by atoms with Crippen LogP contribution in [0.5, 0.6) is 0 Å². The Morgan fingerprint density at radius 3 is 2.51 bits per heavy atom. The maximum Gasteiger partial charge on any atom is 0.338 e. The Hall–Kier alpha value is -3.84. The molecule has 7 atom stereocenters. The van der Waals surface area contributed by atoms with Gasteiger partial charge in [0.05, 0.1) is 35.8 Å². The van der Waals surface area contributed by atoms with E-state index in [1.807, 2.05) is 18.2 Å². The van der Waals surface area contributed by atoms with Crippen LogP contribution in [0.25, 0.3) is 0 Å². The maximum atomic E-state index is 12.9. The van der Waals surface area contributed by atoms with Gasteiger partial charge < -0.3 is 39.4 Å². The zero-order valence-corrected chi connectivity index (χ0v) is 28.3. The quantitative estimate of drug-likeness (QED) is 0.153. The molecule has 0 bridgehead atoms.